The zero-order chi connectivity index (χ0) is 21.5. The van der Waals surface area contributed by atoms with Crippen LogP contribution in [0.5, 0.6) is 5.75 Å². The average Bonchev–Trinajstić information content (AvgIpc) is 2.57. The molecule has 0 heterocycles. The summed E-state index contributed by atoms with van der Waals surface area (Å²) in [5.41, 5.74) is 1.74. The van der Waals surface area contributed by atoms with Gasteiger partial charge in [0.2, 0.25) is 0 Å². The second-order valence-electron chi connectivity index (χ2n) is 10.6. The first-order valence-electron chi connectivity index (χ1n) is 11.3. The maximum Gasteiger partial charge on any atom is 0.200 e. The second-order valence-corrected chi connectivity index (χ2v) is 10.6. The van der Waals surface area contributed by atoms with Gasteiger partial charge in [-0.15, -0.1) is 0 Å². The van der Waals surface area contributed by atoms with Crippen LogP contribution in [0, 0.1) is 29.1 Å². The fraction of sp³-hybridized carbons (Fsp3) is 0.769. The standard InChI is InChI=1S/C26H46O2/c1-11-27-25(16-23(18(2)3)19(4)5)28-22-14-12-21(13-15-22)24(20(6)7)17-26(8,9)10/h12-15,18-20,23-25H,11,16-17H2,1-10H3. The monoisotopic (exact) mass is 390 g/mol. The summed E-state index contributed by atoms with van der Waals surface area (Å²) < 4.78 is 12.2. The minimum absolute atomic E-state index is 0.180. The molecule has 2 heteroatoms. The third kappa shape index (κ3) is 8.55. The van der Waals surface area contributed by atoms with E-state index in [0.717, 1.165) is 12.2 Å². The topological polar surface area (TPSA) is 18.5 Å². The van der Waals surface area contributed by atoms with E-state index in [4.69, 9.17) is 9.47 Å². The molecule has 162 valence electrons. The van der Waals surface area contributed by atoms with Gasteiger partial charge < -0.3 is 9.47 Å². The van der Waals surface area contributed by atoms with Crippen molar-refractivity contribution in [3.63, 3.8) is 0 Å². The molecule has 2 unspecified atom stereocenters. The van der Waals surface area contributed by atoms with Crippen LogP contribution < -0.4 is 4.74 Å². The SMILES string of the molecule is CCOC(CC(C(C)C)C(C)C)Oc1ccc(C(CC(C)(C)C)C(C)C)cc1. The molecular weight excluding hydrogens is 344 g/mol. The van der Waals surface area contributed by atoms with Gasteiger partial charge in [0.05, 0.1) is 0 Å². The summed E-state index contributed by atoms with van der Waals surface area (Å²) in [6, 6.07) is 8.74. The van der Waals surface area contributed by atoms with E-state index in [1.165, 1.54) is 12.0 Å². The molecule has 28 heavy (non-hydrogen) atoms. The molecular formula is C26H46O2. The van der Waals surface area contributed by atoms with Gasteiger partial charge in [-0.25, -0.2) is 0 Å². The van der Waals surface area contributed by atoms with Gasteiger partial charge in [0, 0.05) is 13.0 Å². The molecule has 0 saturated heterocycles. The van der Waals surface area contributed by atoms with E-state index in [2.05, 4.69) is 86.6 Å². The summed E-state index contributed by atoms with van der Waals surface area (Å²) in [4.78, 5) is 0. The molecule has 2 nitrogen and oxygen atoms in total. The highest BCUT2D eigenvalue weighted by Crippen LogP contribution is 2.37. The van der Waals surface area contributed by atoms with Gasteiger partial charge in [-0.05, 0) is 66.0 Å². The normalized spacial score (nSPS) is 14.9. The van der Waals surface area contributed by atoms with Crippen LogP contribution in [-0.2, 0) is 4.74 Å². The van der Waals surface area contributed by atoms with E-state index in [-0.39, 0.29) is 6.29 Å². The molecule has 0 aliphatic rings. The Labute approximate surface area is 175 Å². The van der Waals surface area contributed by atoms with Gasteiger partial charge in [0.25, 0.3) is 0 Å². The van der Waals surface area contributed by atoms with E-state index < -0.39 is 0 Å². The smallest absolute Gasteiger partial charge is 0.200 e. The van der Waals surface area contributed by atoms with Crippen LogP contribution in [0.1, 0.15) is 93.6 Å². The summed E-state index contributed by atoms with van der Waals surface area (Å²) in [7, 11) is 0. The minimum atomic E-state index is -0.180. The van der Waals surface area contributed by atoms with Crippen molar-refractivity contribution in [2.45, 2.75) is 94.3 Å². The Balaban J connectivity index is 2.89. The van der Waals surface area contributed by atoms with Crippen LogP contribution >= 0.6 is 0 Å². The molecule has 0 amide bonds. The van der Waals surface area contributed by atoms with Crippen molar-refractivity contribution in [1.29, 1.82) is 0 Å². The van der Waals surface area contributed by atoms with Crippen molar-refractivity contribution in [2.75, 3.05) is 6.61 Å². The van der Waals surface area contributed by atoms with E-state index in [1.807, 2.05) is 6.92 Å². The Bertz CT molecular complexity index is 529. The van der Waals surface area contributed by atoms with E-state index in [0.29, 0.717) is 41.6 Å². The number of hydrogen-bond donors (Lipinski definition) is 0. The fourth-order valence-electron chi connectivity index (χ4n) is 4.22. The van der Waals surface area contributed by atoms with Crippen LogP contribution in [-0.4, -0.2) is 12.9 Å². The first kappa shape index (κ1) is 25.0. The Morgan fingerprint density at radius 1 is 0.821 bits per heavy atom. The van der Waals surface area contributed by atoms with Crippen molar-refractivity contribution >= 4 is 0 Å². The Kier molecular flexibility index (Phi) is 10.0. The lowest BCUT2D eigenvalue weighted by Gasteiger charge is -2.30. The molecule has 0 aliphatic heterocycles. The van der Waals surface area contributed by atoms with Crippen LogP contribution in [0.15, 0.2) is 24.3 Å². The van der Waals surface area contributed by atoms with E-state index >= 15 is 0 Å². The summed E-state index contributed by atoms with van der Waals surface area (Å²) in [5.74, 6) is 3.94. The van der Waals surface area contributed by atoms with Crippen molar-refractivity contribution < 1.29 is 9.47 Å². The van der Waals surface area contributed by atoms with E-state index in [1.54, 1.807) is 0 Å². The molecule has 0 aromatic heterocycles. The highest BCUT2D eigenvalue weighted by Gasteiger charge is 2.25. The third-order valence-corrected chi connectivity index (χ3v) is 5.74. The third-order valence-electron chi connectivity index (χ3n) is 5.74. The predicted molar refractivity (Wildman–Crippen MR) is 122 cm³/mol. The van der Waals surface area contributed by atoms with Gasteiger partial charge in [-0.3, -0.25) is 0 Å². The molecule has 2 atom stereocenters. The molecule has 0 saturated carbocycles. The largest absolute Gasteiger partial charge is 0.465 e. The Morgan fingerprint density at radius 2 is 1.36 bits per heavy atom. The first-order chi connectivity index (χ1) is 12.9. The lowest BCUT2D eigenvalue weighted by atomic mass is 9.76. The Hall–Kier alpha value is -1.02. The maximum absolute atomic E-state index is 6.26. The summed E-state index contributed by atoms with van der Waals surface area (Å²) in [6.45, 7) is 23.5. The number of benzene rings is 1. The molecule has 0 aliphatic carbocycles. The van der Waals surface area contributed by atoms with Crippen LogP contribution in [0.2, 0.25) is 0 Å². The first-order valence-corrected chi connectivity index (χ1v) is 11.3. The average molecular weight is 391 g/mol. The summed E-state index contributed by atoms with van der Waals surface area (Å²) in [6.07, 6.45) is 1.95. The highest BCUT2D eigenvalue weighted by atomic mass is 16.7. The molecule has 0 fully saturated rings. The molecule has 0 radical (unpaired) electrons. The second kappa shape index (κ2) is 11.2. The highest BCUT2D eigenvalue weighted by molar-refractivity contribution is 5.30. The minimum Gasteiger partial charge on any atom is -0.465 e. The zero-order valence-electron chi connectivity index (χ0n) is 20.2. The predicted octanol–water partition coefficient (Wildman–Crippen LogP) is 7.92. The van der Waals surface area contributed by atoms with Crippen molar-refractivity contribution in [3.8, 4) is 5.75 Å². The fourth-order valence-corrected chi connectivity index (χ4v) is 4.22. The molecule has 0 N–H and O–H groups in total. The summed E-state index contributed by atoms with van der Waals surface area (Å²) >= 11 is 0. The lowest BCUT2D eigenvalue weighted by Crippen LogP contribution is -2.28. The van der Waals surface area contributed by atoms with Crippen molar-refractivity contribution in [1.82, 2.24) is 0 Å². The molecule has 0 spiro atoms. The molecule has 1 aromatic carbocycles. The van der Waals surface area contributed by atoms with Gasteiger partial charge >= 0.3 is 0 Å². The molecule has 1 aromatic rings. The van der Waals surface area contributed by atoms with Crippen LogP contribution in [0.4, 0.5) is 0 Å². The van der Waals surface area contributed by atoms with Gasteiger partial charge in [0.1, 0.15) is 5.75 Å². The van der Waals surface area contributed by atoms with Gasteiger partial charge in [0.15, 0.2) is 6.29 Å². The quantitative estimate of drug-likeness (QED) is 0.357. The van der Waals surface area contributed by atoms with E-state index in [9.17, 15) is 0 Å². The molecule has 1 rings (SSSR count). The Morgan fingerprint density at radius 3 is 1.75 bits per heavy atom. The van der Waals surface area contributed by atoms with Gasteiger partial charge in [-0.2, -0.15) is 0 Å². The number of ether oxygens (including phenoxy) is 2. The summed E-state index contributed by atoms with van der Waals surface area (Å²) in [5, 5.41) is 0. The maximum atomic E-state index is 6.26. The number of hydrogen-bond acceptors (Lipinski definition) is 2. The van der Waals surface area contributed by atoms with Crippen LogP contribution in [0.3, 0.4) is 0 Å². The lowest BCUT2D eigenvalue weighted by molar-refractivity contribution is -0.0948. The van der Waals surface area contributed by atoms with Crippen molar-refractivity contribution in [2.24, 2.45) is 29.1 Å². The van der Waals surface area contributed by atoms with Crippen LogP contribution in [0.25, 0.3) is 0 Å². The van der Waals surface area contributed by atoms with Crippen molar-refractivity contribution in [3.05, 3.63) is 29.8 Å². The van der Waals surface area contributed by atoms with Gasteiger partial charge in [-0.1, -0.05) is 74.4 Å². The molecule has 0 bridgehead atoms. The number of rotatable bonds is 11. The zero-order valence-corrected chi connectivity index (χ0v) is 20.2.